The Morgan fingerprint density at radius 1 is 1.57 bits per heavy atom. The van der Waals surface area contributed by atoms with Crippen molar-refractivity contribution in [2.75, 3.05) is 5.32 Å². The van der Waals surface area contributed by atoms with Crippen molar-refractivity contribution in [3.05, 3.63) is 28.2 Å². The molecular weight excluding hydrogens is 244 g/mol. The minimum absolute atomic E-state index is 0.184. The molecule has 0 spiro atoms. The van der Waals surface area contributed by atoms with Gasteiger partial charge in [-0.15, -0.1) is 0 Å². The lowest BCUT2D eigenvalue weighted by Crippen LogP contribution is -2.32. The number of carbonyl (C=O) groups excluding carboxylic acids is 1. The highest BCUT2D eigenvalue weighted by atomic mass is 79.9. The molecule has 0 aromatic heterocycles. The number of hydrogen-bond acceptors (Lipinski definition) is 2. The highest BCUT2D eigenvalue weighted by Crippen LogP contribution is 2.25. The molecule has 0 aliphatic carbocycles. The third kappa shape index (κ3) is 2.56. The van der Waals surface area contributed by atoms with Crippen molar-refractivity contribution in [3.8, 4) is 0 Å². The molecule has 4 heteroatoms. The van der Waals surface area contributed by atoms with Crippen molar-refractivity contribution in [1.29, 1.82) is 0 Å². The molecule has 1 aromatic rings. The molecule has 1 atom stereocenters. The summed E-state index contributed by atoms with van der Waals surface area (Å²) in [5.74, 6) is -0.184. The van der Waals surface area contributed by atoms with Gasteiger partial charge in [0.2, 0.25) is 5.91 Å². The molecule has 0 saturated carbocycles. The number of nitrogens with two attached hydrogens (primary N) is 1. The normalized spacial score (nSPS) is 12.3. The first-order chi connectivity index (χ1) is 6.52. The van der Waals surface area contributed by atoms with Gasteiger partial charge in [0, 0.05) is 4.47 Å². The van der Waals surface area contributed by atoms with E-state index < -0.39 is 6.04 Å². The van der Waals surface area contributed by atoms with E-state index in [2.05, 4.69) is 21.2 Å². The van der Waals surface area contributed by atoms with Crippen LogP contribution >= 0.6 is 15.9 Å². The summed E-state index contributed by atoms with van der Waals surface area (Å²) in [7, 11) is 0. The van der Waals surface area contributed by atoms with E-state index in [1.165, 1.54) is 0 Å². The Balaban J connectivity index is 2.87. The summed E-state index contributed by atoms with van der Waals surface area (Å²) >= 11 is 3.40. The van der Waals surface area contributed by atoms with Gasteiger partial charge in [-0.05, 0) is 41.4 Å². The van der Waals surface area contributed by atoms with Crippen molar-refractivity contribution in [1.82, 2.24) is 0 Å². The minimum Gasteiger partial charge on any atom is -0.324 e. The number of carbonyl (C=O) groups is 1. The van der Waals surface area contributed by atoms with E-state index in [0.29, 0.717) is 0 Å². The molecule has 1 aromatic carbocycles. The van der Waals surface area contributed by atoms with Crippen molar-refractivity contribution in [2.24, 2.45) is 5.73 Å². The summed E-state index contributed by atoms with van der Waals surface area (Å²) in [6.07, 6.45) is 0. The average molecular weight is 257 g/mol. The first-order valence-corrected chi connectivity index (χ1v) is 5.13. The topological polar surface area (TPSA) is 55.1 Å². The average Bonchev–Trinajstić information content (AvgIpc) is 2.12. The summed E-state index contributed by atoms with van der Waals surface area (Å²) in [5, 5.41) is 2.74. The van der Waals surface area contributed by atoms with Crippen LogP contribution in [0.15, 0.2) is 22.7 Å². The molecule has 0 radical (unpaired) electrons. The van der Waals surface area contributed by atoms with Gasteiger partial charge in [-0.25, -0.2) is 0 Å². The van der Waals surface area contributed by atoms with E-state index >= 15 is 0 Å². The van der Waals surface area contributed by atoms with E-state index in [1.54, 1.807) is 6.92 Å². The molecule has 76 valence electrons. The Bertz CT molecular complexity index is 350. The summed E-state index contributed by atoms with van der Waals surface area (Å²) in [6, 6.07) is 5.18. The van der Waals surface area contributed by atoms with Crippen LogP contribution < -0.4 is 11.1 Å². The molecular formula is C10H13BrN2O. The monoisotopic (exact) mass is 256 g/mol. The number of rotatable bonds is 2. The third-order valence-corrected chi connectivity index (χ3v) is 2.92. The van der Waals surface area contributed by atoms with Gasteiger partial charge in [0.15, 0.2) is 0 Å². The van der Waals surface area contributed by atoms with Crippen LogP contribution in [0.2, 0.25) is 0 Å². The molecule has 0 unspecified atom stereocenters. The van der Waals surface area contributed by atoms with Crippen LogP contribution in [0.4, 0.5) is 5.69 Å². The largest absolute Gasteiger partial charge is 0.324 e. The second-order valence-corrected chi connectivity index (χ2v) is 4.01. The molecule has 1 rings (SSSR count). The molecule has 3 N–H and O–H groups in total. The van der Waals surface area contributed by atoms with Crippen LogP contribution in [0.5, 0.6) is 0 Å². The fourth-order valence-electron chi connectivity index (χ4n) is 0.991. The Labute approximate surface area is 91.8 Å². The van der Waals surface area contributed by atoms with Gasteiger partial charge in [0.05, 0.1) is 11.7 Å². The summed E-state index contributed by atoms with van der Waals surface area (Å²) < 4.78 is 0.897. The van der Waals surface area contributed by atoms with Gasteiger partial charge in [0.1, 0.15) is 0 Å². The second kappa shape index (κ2) is 4.57. The molecule has 0 aliphatic rings. The van der Waals surface area contributed by atoms with E-state index in [-0.39, 0.29) is 5.91 Å². The standard InChI is InChI=1S/C10H13BrN2O/c1-6-4-3-5-8(9(6)11)13-10(14)7(2)12/h3-5,7H,12H2,1-2H3,(H,13,14)/t7-/m1/s1. The molecule has 3 nitrogen and oxygen atoms in total. The smallest absolute Gasteiger partial charge is 0.241 e. The lowest BCUT2D eigenvalue weighted by Gasteiger charge is -2.10. The number of aryl methyl sites for hydroxylation is 1. The van der Waals surface area contributed by atoms with Crippen LogP contribution in [-0.2, 0) is 4.79 Å². The van der Waals surface area contributed by atoms with Gasteiger partial charge in [-0.3, -0.25) is 4.79 Å². The maximum absolute atomic E-state index is 11.3. The third-order valence-electron chi connectivity index (χ3n) is 1.86. The SMILES string of the molecule is Cc1cccc(NC(=O)[C@@H](C)N)c1Br. The maximum Gasteiger partial charge on any atom is 0.241 e. The van der Waals surface area contributed by atoms with E-state index in [0.717, 1.165) is 15.7 Å². The van der Waals surface area contributed by atoms with Crippen LogP contribution in [0.25, 0.3) is 0 Å². The molecule has 0 fully saturated rings. The van der Waals surface area contributed by atoms with Gasteiger partial charge in [0.25, 0.3) is 0 Å². The number of benzene rings is 1. The molecule has 1 amide bonds. The Kier molecular flexibility index (Phi) is 3.66. The minimum atomic E-state index is -0.498. The summed E-state index contributed by atoms with van der Waals surface area (Å²) in [6.45, 7) is 3.62. The van der Waals surface area contributed by atoms with Crippen LogP contribution in [0.1, 0.15) is 12.5 Å². The Morgan fingerprint density at radius 3 is 2.79 bits per heavy atom. The van der Waals surface area contributed by atoms with Crippen LogP contribution in [0, 0.1) is 6.92 Å². The number of amides is 1. The first-order valence-electron chi connectivity index (χ1n) is 4.34. The number of hydrogen-bond donors (Lipinski definition) is 2. The van der Waals surface area contributed by atoms with E-state index in [9.17, 15) is 4.79 Å². The Hall–Kier alpha value is -0.870. The fourth-order valence-corrected chi connectivity index (χ4v) is 1.35. The quantitative estimate of drug-likeness (QED) is 0.851. The lowest BCUT2D eigenvalue weighted by atomic mass is 10.2. The zero-order valence-electron chi connectivity index (χ0n) is 8.17. The fraction of sp³-hybridized carbons (Fsp3) is 0.300. The van der Waals surface area contributed by atoms with Gasteiger partial charge in [-0.1, -0.05) is 12.1 Å². The summed E-state index contributed by atoms with van der Waals surface area (Å²) in [5.41, 5.74) is 7.28. The maximum atomic E-state index is 11.3. The predicted molar refractivity (Wildman–Crippen MR) is 61.2 cm³/mol. The first kappa shape index (κ1) is 11.2. The van der Waals surface area contributed by atoms with Crippen LogP contribution in [0.3, 0.4) is 0 Å². The number of anilines is 1. The van der Waals surface area contributed by atoms with E-state index in [1.807, 2.05) is 25.1 Å². The van der Waals surface area contributed by atoms with Gasteiger partial charge in [-0.2, -0.15) is 0 Å². The van der Waals surface area contributed by atoms with Crippen molar-refractivity contribution >= 4 is 27.5 Å². The molecule has 0 heterocycles. The number of nitrogens with one attached hydrogen (secondary N) is 1. The molecule has 14 heavy (non-hydrogen) atoms. The predicted octanol–water partition coefficient (Wildman–Crippen LogP) is 2.04. The summed E-state index contributed by atoms with van der Waals surface area (Å²) in [4.78, 5) is 11.3. The van der Waals surface area contributed by atoms with Crippen LogP contribution in [-0.4, -0.2) is 11.9 Å². The van der Waals surface area contributed by atoms with Crippen molar-refractivity contribution < 1.29 is 4.79 Å². The Morgan fingerprint density at radius 2 is 2.21 bits per heavy atom. The van der Waals surface area contributed by atoms with Gasteiger partial charge < -0.3 is 11.1 Å². The number of halogens is 1. The lowest BCUT2D eigenvalue weighted by molar-refractivity contribution is -0.117. The second-order valence-electron chi connectivity index (χ2n) is 3.21. The molecule has 0 saturated heterocycles. The zero-order chi connectivity index (χ0) is 10.7. The van der Waals surface area contributed by atoms with Gasteiger partial charge >= 0.3 is 0 Å². The molecule has 0 aliphatic heterocycles. The van der Waals surface area contributed by atoms with E-state index in [4.69, 9.17) is 5.73 Å². The highest BCUT2D eigenvalue weighted by Gasteiger charge is 2.09. The zero-order valence-corrected chi connectivity index (χ0v) is 9.76. The van der Waals surface area contributed by atoms with Crippen molar-refractivity contribution in [2.45, 2.75) is 19.9 Å². The highest BCUT2D eigenvalue weighted by molar-refractivity contribution is 9.10. The molecule has 0 bridgehead atoms. The van der Waals surface area contributed by atoms with Crippen molar-refractivity contribution in [3.63, 3.8) is 0 Å².